The van der Waals surface area contributed by atoms with Crippen LogP contribution in [0.15, 0.2) is 0 Å². The highest BCUT2D eigenvalue weighted by Gasteiger charge is 2.30. The molecule has 0 fully saturated rings. The molecule has 0 aliphatic carbocycles. The van der Waals surface area contributed by atoms with Crippen LogP contribution in [-0.2, 0) is 9.59 Å². The monoisotopic (exact) mass is 272 g/mol. The van der Waals surface area contributed by atoms with E-state index in [1.165, 1.54) is 0 Å². The Morgan fingerprint density at radius 2 is 1.47 bits per heavy atom. The normalized spacial score (nSPS) is 19.2. The average Bonchev–Trinajstić information content (AvgIpc) is 2.35. The van der Waals surface area contributed by atoms with Crippen LogP contribution in [0.4, 0.5) is 0 Å². The average molecular weight is 272 g/mol. The second kappa shape index (κ2) is 8.18. The molecule has 0 saturated heterocycles. The van der Waals surface area contributed by atoms with Gasteiger partial charge in [0.1, 0.15) is 0 Å². The maximum absolute atomic E-state index is 11.1. The number of rotatable bonds is 9. The highest BCUT2D eigenvalue weighted by Crippen LogP contribution is 2.33. The highest BCUT2D eigenvalue weighted by molar-refractivity contribution is 5.70. The van der Waals surface area contributed by atoms with Gasteiger partial charge in [-0.25, -0.2) is 0 Å². The van der Waals surface area contributed by atoms with Crippen molar-refractivity contribution < 1.29 is 19.8 Å². The van der Waals surface area contributed by atoms with Gasteiger partial charge < -0.3 is 10.2 Å². The van der Waals surface area contributed by atoms with Gasteiger partial charge in [-0.3, -0.25) is 9.59 Å². The fraction of sp³-hybridized carbons (Fsp3) is 0.867. The van der Waals surface area contributed by atoms with Gasteiger partial charge in [0.25, 0.3) is 0 Å². The Hall–Kier alpha value is -1.06. The first-order valence-electron chi connectivity index (χ1n) is 7.17. The predicted octanol–water partition coefficient (Wildman–Crippen LogP) is 3.51. The summed E-state index contributed by atoms with van der Waals surface area (Å²) in [5.74, 6) is -1.41. The van der Waals surface area contributed by atoms with E-state index in [0.717, 1.165) is 12.8 Å². The molecule has 0 rings (SSSR count). The zero-order valence-electron chi connectivity index (χ0n) is 12.7. The topological polar surface area (TPSA) is 74.6 Å². The minimum atomic E-state index is -0.757. The third-order valence-corrected chi connectivity index (χ3v) is 4.53. The maximum Gasteiger partial charge on any atom is 0.306 e. The number of carbonyl (C=O) groups is 2. The van der Waals surface area contributed by atoms with Crippen molar-refractivity contribution in [3.05, 3.63) is 0 Å². The second-order valence-electron chi connectivity index (χ2n) is 5.85. The minimum absolute atomic E-state index is 0.109. The molecule has 4 nitrogen and oxygen atoms in total. The zero-order chi connectivity index (χ0) is 15.2. The van der Waals surface area contributed by atoms with E-state index in [0.29, 0.717) is 18.3 Å². The van der Waals surface area contributed by atoms with E-state index in [2.05, 4.69) is 13.8 Å². The SMILES string of the molecule is CCC(C(C)CCC(C)C(=O)O)C(C)C(C)C(=O)O. The van der Waals surface area contributed by atoms with Crippen LogP contribution >= 0.6 is 0 Å². The highest BCUT2D eigenvalue weighted by atomic mass is 16.4. The predicted molar refractivity (Wildman–Crippen MR) is 74.9 cm³/mol. The molecule has 0 aromatic heterocycles. The number of hydrogen-bond donors (Lipinski definition) is 2. The molecule has 0 radical (unpaired) electrons. The summed E-state index contributed by atoms with van der Waals surface area (Å²) in [6.07, 6.45) is 2.42. The summed E-state index contributed by atoms with van der Waals surface area (Å²) in [7, 11) is 0. The van der Waals surface area contributed by atoms with Gasteiger partial charge in [0.05, 0.1) is 11.8 Å². The van der Waals surface area contributed by atoms with Gasteiger partial charge in [-0.15, -0.1) is 0 Å². The van der Waals surface area contributed by atoms with E-state index in [1.807, 2.05) is 6.92 Å². The summed E-state index contributed by atoms with van der Waals surface area (Å²) in [5, 5.41) is 18.0. The van der Waals surface area contributed by atoms with E-state index >= 15 is 0 Å². The summed E-state index contributed by atoms with van der Waals surface area (Å²) < 4.78 is 0. The molecule has 0 heterocycles. The molecule has 2 N–H and O–H groups in total. The Labute approximate surface area is 116 Å². The molecule has 5 unspecified atom stereocenters. The van der Waals surface area contributed by atoms with Crippen molar-refractivity contribution in [3.8, 4) is 0 Å². The summed E-state index contributed by atoms with van der Waals surface area (Å²) in [5.41, 5.74) is 0. The lowest BCUT2D eigenvalue weighted by Crippen LogP contribution is -2.29. The molecule has 0 aliphatic heterocycles. The Balaban J connectivity index is 4.50. The van der Waals surface area contributed by atoms with Crippen molar-refractivity contribution in [1.29, 1.82) is 0 Å². The number of hydrogen-bond acceptors (Lipinski definition) is 2. The lowest BCUT2D eigenvalue weighted by Gasteiger charge is -2.31. The maximum atomic E-state index is 11.1. The van der Waals surface area contributed by atoms with Crippen molar-refractivity contribution in [1.82, 2.24) is 0 Å². The van der Waals surface area contributed by atoms with Crippen molar-refractivity contribution in [3.63, 3.8) is 0 Å². The number of carboxylic acids is 2. The third-order valence-electron chi connectivity index (χ3n) is 4.53. The molecule has 0 aromatic rings. The van der Waals surface area contributed by atoms with Crippen LogP contribution in [0.2, 0.25) is 0 Å². The largest absolute Gasteiger partial charge is 0.481 e. The standard InChI is InChI=1S/C15H28O4/c1-6-13(11(4)12(5)15(18)19)9(2)7-8-10(3)14(16)17/h9-13H,6-8H2,1-5H3,(H,16,17)(H,18,19). The van der Waals surface area contributed by atoms with Crippen LogP contribution in [-0.4, -0.2) is 22.2 Å². The molecule has 112 valence electrons. The van der Waals surface area contributed by atoms with Crippen molar-refractivity contribution in [2.45, 2.75) is 53.9 Å². The van der Waals surface area contributed by atoms with Crippen LogP contribution in [0.1, 0.15) is 53.9 Å². The van der Waals surface area contributed by atoms with Gasteiger partial charge in [-0.2, -0.15) is 0 Å². The van der Waals surface area contributed by atoms with Gasteiger partial charge in [0, 0.05) is 0 Å². The van der Waals surface area contributed by atoms with Gasteiger partial charge in [0.15, 0.2) is 0 Å². The Kier molecular flexibility index (Phi) is 7.72. The summed E-state index contributed by atoms with van der Waals surface area (Å²) in [4.78, 5) is 21.9. The Bertz CT molecular complexity index is 301. The van der Waals surface area contributed by atoms with Crippen molar-refractivity contribution in [2.75, 3.05) is 0 Å². The minimum Gasteiger partial charge on any atom is -0.481 e. The molecule has 0 aliphatic rings. The van der Waals surface area contributed by atoms with E-state index < -0.39 is 11.9 Å². The number of carboxylic acid groups (broad SMARTS) is 2. The molecule has 0 bridgehead atoms. The van der Waals surface area contributed by atoms with E-state index in [9.17, 15) is 9.59 Å². The van der Waals surface area contributed by atoms with E-state index in [1.54, 1.807) is 13.8 Å². The Morgan fingerprint density at radius 3 is 1.84 bits per heavy atom. The van der Waals surface area contributed by atoms with Crippen LogP contribution in [0, 0.1) is 29.6 Å². The van der Waals surface area contributed by atoms with Crippen LogP contribution in [0.25, 0.3) is 0 Å². The molecular formula is C15H28O4. The second-order valence-corrected chi connectivity index (χ2v) is 5.85. The lowest BCUT2D eigenvalue weighted by atomic mass is 9.74. The summed E-state index contributed by atoms with van der Waals surface area (Å²) in [6, 6.07) is 0. The first kappa shape index (κ1) is 17.9. The van der Waals surface area contributed by atoms with Gasteiger partial charge >= 0.3 is 11.9 Å². The summed E-state index contributed by atoms with van der Waals surface area (Å²) >= 11 is 0. The molecule has 0 saturated carbocycles. The third kappa shape index (κ3) is 5.62. The smallest absolute Gasteiger partial charge is 0.306 e. The summed E-state index contributed by atoms with van der Waals surface area (Å²) in [6.45, 7) is 9.65. The molecule has 0 aromatic carbocycles. The molecule has 0 amide bonds. The molecule has 19 heavy (non-hydrogen) atoms. The molecule has 0 spiro atoms. The van der Waals surface area contributed by atoms with Crippen LogP contribution in [0.3, 0.4) is 0 Å². The van der Waals surface area contributed by atoms with Gasteiger partial charge in [-0.05, 0) is 30.6 Å². The molecular weight excluding hydrogens is 244 g/mol. The first-order valence-corrected chi connectivity index (χ1v) is 7.17. The molecule has 4 heteroatoms. The van der Waals surface area contributed by atoms with Crippen LogP contribution < -0.4 is 0 Å². The van der Waals surface area contributed by atoms with Gasteiger partial charge in [-0.1, -0.05) is 41.0 Å². The molecule has 5 atom stereocenters. The van der Waals surface area contributed by atoms with Crippen LogP contribution in [0.5, 0.6) is 0 Å². The van der Waals surface area contributed by atoms with E-state index in [4.69, 9.17) is 10.2 Å². The van der Waals surface area contributed by atoms with E-state index in [-0.39, 0.29) is 17.8 Å². The fourth-order valence-corrected chi connectivity index (χ4v) is 2.74. The fourth-order valence-electron chi connectivity index (χ4n) is 2.74. The number of aliphatic carboxylic acids is 2. The Morgan fingerprint density at radius 1 is 0.947 bits per heavy atom. The van der Waals surface area contributed by atoms with Gasteiger partial charge in [0.2, 0.25) is 0 Å². The lowest BCUT2D eigenvalue weighted by molar-refractivity contribution is -0.143. The van der Waals surface area contributed by atoms with Crippen molar-refractivity contribution >= 4 is 11.9 Å². The van der Waals surface area contributed by atoms with Crippen molar-refractivity contribution in [2.24, 2.45) is 29.6 Å². The quantitative estimate of drug-likeness (QED) is 0.673. The first-order chi connectivity index (χ1) is 8.72. The zero-order valence-corrected chi connectivity index (χ0v) is 12.7.